The van der Waals surface area contributed by atoms with Gasteiger partial charge in [-0.3, -0.25) is 9.59 Å². The van der Waals surface area contributed by atoms with Crippen molar-refractivity contribution in [2.24, 2.45) is 10.8 Å². The molecule has 0 saturated carbocycles. The van der Waals surface area contributed by atoms with E-state index in [9.17, 15) is 9.59 Å². The van der Waals surface area contributed by atoms with Crippen LogP contribution >= 0.6 is 0 Å². The first kappa shape index (κ1) is 39.4. The molecule has 1 aromatic rings. The molecule has 204 valence electrons. The largest absolute Gasteiger partial charge is 2.00 e. The second-order valence-electron chi connectivity index (χ2n) is 10.4. The van der Waals surface area contributed by atoms with E-state index < -0.39 is 0 Å². The predicted molar refractivity (Wildman–Crippen MR) is 142 cm³/mol. The van der Waals surface area contributed by atoms with Crippen molar-refractivity contribution >= 4 is 23.0 Å². The third kappa shape index (κ3) is 13.8. The van der Waals surface area contributed by atoms with Gasteiger partial charge in [-0.2, -0.15) is 0 Å². The van der Waals surface area contributed by atoms with Gasteiger partial charge in [-0.15, -0.1) is 0 Å². The first-order valence-corrected chi connectivity index (χ1v) is 11.5. The van der Waals surface area contributed by atoms with Crippen LogP contribution in [-0.2, 0) is 17.1 Å². The van der Waals surface area contributed by atoms with Gasteiger partial charge < -0.3 is 35.6 Å². The number of nitrogens with zero attached hydrogens (tertiary/aromatic N) is 1. The van der Waals surface area contributed by atoms with E-state index in [1.807, 2.05) is 36.5 Å². The van der Waals surface area contributed by atoms with Crippen LogP contribution in [0.4, 0.5) is 0 Å². The monoisotopic (exact) mass is 587 g/mol. The van der Waals surface area contributed by atoms with E-state index in [1.54, 1.807) is 18.2 Å². The van der Waals surface area contributed by atoms with E-state index in [2.05, 4.69) is 46.5 Å². The number of nitrogens with one attached hydrogen (secondary N) is 2. The minimum Gasteiger partial charge on any atom is -1.00 e. The fraction of sp³-hybridized carbons (Fsp3) is 0.414. The van der Waals surface area contributed by atoms with Crippen LogP contribution in [0, 0.1) is 21.6 Å². The number of Topliss-reactive ketones (excluding diaryl/α,β-unsaturated/α-hetero) is 2. The molecule has 0 radical (unpaired) electrons. The summed E-state index contributed by atoms with van der Waals surface area (Å²) in [5.74, 6) is -0.254. The molecule has 0 atom stereocenters. The van der Waals surface area contributed by atoms with Crippen molar-refractivity contribution in [1.29, 1.82) is 10.8 Å². The molecule has 2 aliphatic rings. The summed E-state index contributed by atoms with van der Waals surface area (Å²) < 4.78 is 0. The summed E-state index contributed by atoms with van der Waals surface area (Å²) in [6, 6.07) is 4.84. The zero-order chi connectivity index (χ0) is 26.1. The van der Waals surface area contributed by atoms with E-state index in [0.717, 1.165) is 24.3 Å². The summed E-state index contributed by atoms with van der Waals surface area (Å²) in [6.45, 7) is 15.7. The van der Waals surface area contributed by atoms with E-state index in [-0.39, 0.29) is 64.3 Å². The van der Waals surface area contributed by atoms with Gasteiger partial charge in [-0.1, -0.05) is 84.1 Å². The maximum Gasteiger partial charge on any atom is 2.00 e. The van der Waals surface area contributed by atoms with Gasteiger partial charge >= 0.3 is 17.1 Å². The fourth-order valence-electron chi connectivity index (χ4n) is 3.35. The number of allylic oxidation sites excluding steroid dienone is 8. The van der Waals surface area contributed by atoms with Crippen molar-refractivity contribution in [2.45, 2.75) is 68.2 Å². The Hall–Kier alpha value is -2.11. The number of aromatic nitrogens is 1. The number of ketones is 2. The molecule has 1 heterocycles. The van der Waals surface area contributed by atoms with Crippen LogP contribution in [0.25, 0.3) is 0 Å². The molecule has 0 amide bonds. The average molecular weight is 588 g/mol. The molecule has 0 bridgehead atoms. The second kappa shape index (κ2) is 17.4. The summed E-state index contributed by atoms with van der Waals surface area (Å²) in [4.78, 5) is 25.6. The molecule has 2 N–H and O–H groups in total. The Balaban J connectivity index is -0.000000451. The van der Waals surface area contributed by atoms with Crippen molar-refractivity contribution in [2.75, 3.05) is 0 Å². The third-order valence-corrected chi connectivity index (χ3v) is 5.18. The van der Waals surface area contributed by atoms with Crippen molar-refractivity contribution in [1.82, 2.24) is 4.98 Å². The Morgan fingerprint density at radius 1 is 0.730 bits per heavy atom. The molecule has 8 heteroatoms. The number of hydrogen-bond acceptors (Lipinski definition) is 5. The standard InChI is InChI=1S/2C10H15N.C9H9NO2.2ClH.Fe/c2*1-10(2,3)8-6-4-5-7-9(8)11;1-6(11)8-4-3-5-9(10-8)7(2)12;;;/h2*4-6,11H,7H2,1-3H3;3-5H,1-2H3;2*1H;/q;;;;;+2/p-2. The number of pyridine rings is 1. The van der Waals surface area contributed by atoms with E-state index >= 15 is 0 Å². The third-order valence-electron chi connectivity index (χ3n) is 5.18. The summed E-state index contributed by atoms with van der Waals surface area (Å²) in [6.07, 6.45) is 13.8. The first-order chi connectivity index (χ1) is 15.6. The Bertz CT molecular complexity index is 992. The molecule has 2 aliphatic carbocycles. The van der Waals surface area contributed by atoms with Crippen molar-refractivity contribution < 1.29 is 51.5 Å². The van der Waals surface area contributed by atoms with Crippen LogP contribution in [0.3, 0.4) is 0 Å². The zero-order valence-corrected chi connectivity index (χ0v) is 25.6. The van der Waals surface area contributed by atoms with Gasteiger partial charge in [0.15, 0.2) is 11.6 Å². The Labute approximate surface area is 245 Å². The molecule has 0 aliphatic heterocycles. The molecule has 0 saturated heterocycles. The maximum atomic E-state index is 10.8. The normalized spacial score (nSPS) is 14.1. The molecule has 0 fully saturated rings. The Kier molecular flexibility index (Phi) is 18.5. The van der Waals surface area contributed by atoms with E-state index in [1.165, 1.54) is 25.0 Å². The van der Waals surface area contributed by atoms with Crippen LogP contribution in [0.5, 0.6) is 0 Å². The number of rotatable bonds is 2. The van der Waals surface area contributed by atoms with E-state index in [0.29, 0.717) is 11.4 Å². The number of carbonyl (C=O) groups is 2. The zero-order valence-electron chi connectivity index (χ0n) is 23.0. The number of carbonyl (C=O) groups excluding carboxylic acids is 2. The Morgan fingerprint density at radius 3 is 1.27 bits per heavy atom. The van der Waals surface area contributed by atoms with Gasteiger partial charge in [0.1, 0.15) is 11.4 Å². The molecular weight excluding hydrogens is 549 g/mol. The summed E-state index contributed by atoms with van der Waals surface area (Å²) in [5, 5.41) is 15.4. The van der Waals surface area contributed by atoms with Crippen LogP contribution in [0.2, 0.25) is 0 Å². The molecule has 3 rings (SSSR count). The second-order valence-corrected chi connectivity index (χ2v) is 10.4. The molecular formula is C29H39Cl2FeN3O2. The van der Waals surface area contributed by atoms with Gasteiger partial charge in [-0.25, -0.2) is 4.98 Å². The summed E-state index contributed by atoms with van der Waals surface area (Å²) in [5.41, 5.74) is 4.79. The molecule has 37 heavy (non-hydrogen) atoms. The molecule has 1 aromatic heterocycles. The number of hydrogen-bond donors (Lipinski definition) is 2. The smallest absolute Gasteiger partial charge is 1.00 e. The first-order valence-electron chi connectivity index (χ1n) is 11.5. The van der Waals surface area contributed by atoms with Crippen molar-refractivity contribution in [3.05, 3.63) is 77.2 Å². The molecule has 5 nitrogen and oxygen atoms in total. The fourth-order valence-corrected chi connectivity index (χ4v) is 3.35. The van der Waals surface area contributed by atoms with Crippen LogP contribution in [0.15, 0.2) is 65.8 Å². The van der Waals surface area contributed by atoms with Gasteiger partial charge in [0, 0.05) is 38.1 Å². The van der Waals surface area contributed by atoms with Gasteiger partial charge in [-0.05, 0) is 34.1 Å². The molecule has 0 unspecified atom stereocenters. The van der Waals surface area contributed by atoms with Gasteiger partial charge in [0.25, 0.3) is 0 Å². The predicted octanol–water partition coefficient (Wildman–Crippen LogP) is 1.37. The Morgan fingerprint density at radius 2 is 1.05 bits per heavy atom. The van der Waals surface area contributed by atoms with Crippen LogP contribution in [-0.4, -0.2) is 28.0 Å². The van der Waals surface area contributed by atoms with Crippen molar-refractivity contribution in [3.8, 4) is 0 Å². The van der Waals surface area contributed by atoms with Crippen molar-refractivity contribution in [3.63, 3.8) is 0 Å². The number of halogens is 2. The topological polar surface area (TPSA) is 94.7 Å². The molecule has 0 spiro atoms. The van der Waals surface area contributed by atoms with Gasteiger partial charge in [0.05, 0.1) is 0 Å². The maximum absolute atomic E-state index is 10.8. The van der Waals surface area contributed by atoms with Gasteiger partial charge in [0.2, 0.25) is 0 Å². The summed E-state index contributed by atoms with van der Waals surface area (Å²) >= 11 is 0. The van der Waals surface area contributed by atoms with E-state index in [4.69, 9.17) is 10.8 Å². The van der Waals surface area contributed by atoms with Crippen LogP contribution < -0.4 is 24.8 Å². The quantitative estimate of drug-likeness (QED) is 0.404. The minimum atomic E-state index is -0.127. The summed E-state index contributed by atoms with van der Waals surface area (Å²) in [7, 11) is 0. The SMILES string of the molecule is CC(=O)c1cccc(C(C)=O)n1.CC(C)(C)C1=CC=CCC1=N.CC(C)(C)C1=CC=CCC1=N.[Cl-].[Cl-].[Fe+2]. The van der Waals surface area contributed by atoms with Crippen LogP contribution in [0.1, 0.15) is 89.2 Å². The average Bonchev–Trinajstić information content (AvgIpc) is 2.74. The molecule has 0 aromatic carbocycles. The minimum absolute atomic E-state index is 0.